The molecule has 0 N–H and O–H groups in total. The minimum absolute atomic E-state index is 0.157. The molecule has 0 spiro atoms. The van der Waals surface area contributed by atoms with Crippen LogP contribution >= 0.6 is 11.6 Å². The first kappa shape index (κ1) is 18.7. The van der Waals surface area contributed by atoms with Crippen molar-refractivity contribution < 1.29 is 23.4 Å². The Morgan fingerprint density at radius 2 is 1.78 bits per heavy atom. The first-order chi connectivity index (χ1) is 13.0. The predicted octanol–water partition coefficient (Wildman–Crippen LogP) is 4.07. The summed E-state index contributed by atoms with van der Waals surface area (Å²) in [4.78, 5) is 12.4. The fourth-order valence-corrected chi connectivity index (χ4v) is 2.69. The lowest BCUT2D eigenvalue weighted by atomic mass is 10.1. The molecule has 0 bridgehead atoms. The van der Waals surface area contributed by atoms with E-state index in [1.54, 1.807) is 30.3 Å². The number of benzene rings is 2. The van der Waals surface area contributed by atoms with Crippen LogP contribution < -0.4 is 9.47 Å². The van der Waals surface area contributed by atoms with Crippen LogP contribution in [0, 0.1) is 6.92 Å². The van der Waals surface area contributed by atoms with Crippen molar-refractivity contribution in [2.75, 3.05) is 14.2 Å². The van der Waals surface area contributed by atoms with E-state index in [0.29, 0.717) is 27.6 Å². The zero-order valence-corrected chi connectivity index (χ0v) is 15.7. The number of aromatic nitrogens is 2. The van der Waals surface area contributed by atoms with Gasteiger partial charge in [0.25, 0.3) is 5.89 Å². The lowest BCUT2D eigenvalue weighted by Gasteiger charge is -2.12. The molecule has 0 saturated carbocycles. The second-order valence-corrected chi connectivity index (χ2v) is 5.97. The van der Waals surface area contributed by atoms with Crippen molar-refractivity contribution in [3.05, 3.63) is 58.4 Å². The summed E-state index contributed by atoms with van der Waals surface area (Å²) in [6.45, 7) is 1.66. The van der Waals surface area contributed by atoms with E-state index < -0.39 is 5.97 Å². The lowest BCUT2D eigenvalue weighted by molar-refractivity contribution is 0.0438. The van der Waals surface area contributed by atoms with Crippen molar-refractivity contribution in [1.29, 1.82) is 0 Å². The number of halogens is 1. The van der Waals surface area contributed by atoms with Crippen molar-refractivity contribution in [3.63, 3.8) is 0 Å². The van der Waals surface area contributed by atoms with Crippen molar-refractivity contribution in [2.24, 2.45) is 0 Å². The van der Waals surface area contributed by atoms with Crippen LogP contribution in [0.3, 0.4) is 0 Å². The monoisotopic (exact) mass is 388 g/mol. The average Bonchev–Trinajstić information content (AvgIpc) is 3.15. The van der Waals surface area contributed by atoms with Gasteiger partial charge in [0.1, 0.15) is 11.5 Å². The number of nitrogens with zero attached hydrogens (tertiary/aromatic N) is 2. The van der Waals surface area contributed by atoms with Crippen LogP contribution in [0.4, 0.5) is 0 Å². The minimum Gasteiger partial charge on any atom is -0.496 e. The first-order valence-corrected chi connectivity index (χ1v) is 8.38. The van der Waals surface area contributed by atoms with Gasteiger partial charge in [0, 0.05) is 5.56 Å². The molecule has 1 heterocycles. The van der Waals surface area contributed by atoms with E-state index in [1.807, 2.05) is 13.0 Å². The number of esters is 1. The molecule has 0 aliphatic carbocycles. The Morgan fingerprint density at radius 3 is 2.41 bits per heavy atom. The summed E-state index contributed by atoms with van der Waals surface area (Å²) in [6.07, 6.45) is 0. The highest BCUT2D eigenvalue weighted by Gasteiger charge is 2.17. The molecule has 0 fully saturated rings. The fourth-order valence-electron chi connectivity index (χ4n) is 2.47. The topological polar surface area (TPSA) is 83.7 Å². The highest BCUT2D eigenvalue weighted by Crippen LogP contribution is 2.30. The molecule has 3 aromatic rings. The van der Waals surface area contributed by atoms with Crippen molar-refractivity contribution in [2.45, 2.75) is 13.5 Å². The Labute approximate surface area is 160 Å². The minimum atomic E-state index is -0.566. The molecule has 27 heavy (non-hydrogen) atoms. The SMILES string of the molecule is COc1cc(C(=O)OCc2nnc(-c3ccccc3Cl)o2)cc(OC)c1C. The van der Waals surface area contributed by atoms with Gasteiger partial charge in [-0.15, -0.1) is 10.2 Å². The van der Waals surface area contributed by atoms with E-state index in [0.717, 1.165) is 5.56 Å². The third kappa shape index (κ3) is 4.03. The molecule has 3 rings (SSSR count). The Balaban J connectivity index is 1.73. The number of carbonyl (C=O) groups excluding carboxylic acids is 1. The second kappa shape index (κ2) is 8.09. The summed E-state index contributed by atoms with van der Waals surface area (Å²) < 4.78 is 21.3. The smallest absolute Gasteiger partial charge is 0.338 e. The zero-order valence-electron chi connectivity index (χ0n) is 15.0. The Kier molecular flexibility index (Phi) is 5.61. The summed E-state index contributed by atoms with van der Waals surface area (Å²) in [5.41, 5.74) is 1.69. The first-order valence-electron chi connectivity index (χ1n) is 8.00. The quantitative estimate of drug-likeness (QED) is 0.588. The zero-order chi connectivity index (χ0) is 19.4. The van der Waals surface area contributed by atoms with E-state index >= 15 is 0 Å². The molecule has 0 radical (unpaired) electrons. The summed E-state index contributed by atoms with van der Waals surface area (Å²) in [6, 6.07) is 10.3. The van der Waals surface area contributed by atoms with Crippen LogP contribution in [0.5, 0.6) is 11.5 Å². The number of hydrogen-bond acceptors (Lipinski definition) is 7. The predicted molar refractivity (Wildman–Crippen MR) is 98.1 cm³/mol. The van der Waals surface area contributed by atoms with E-state index in [4.69, 9.17) is 30.2 Å². The van der Waals surface area contributed by atoms with E-state index in [1.165, 1.54) is 14.2 Å². The van der Waals surface area contributed by atoms with Gasteiger partial charge in [-0.2, -0.15) is 0 Å². The van der Waals surface area contributed by atoms with Crippen LogP contribution in [-0.4, -0.2) is 30.4 Å². The van der Waals surface area contributed by atoms with Gasteiger partial charge in [-0.25, -0.2) is 4.79 Å². The van der Waals surface area contributed by atoms with E-state index in [2.05, 4.69) is 10.2 Å². The van der Waals surface area contributed by atoms with Gasteiger partial charge in [-0.05, 0) is 31.2 Å². The maximum Gasteiger partial charge on any atom is 0.338 e. The molecule has 140 valence electrons. The fraction of sp³-hybridized carbons (Fsp3) is 0.211. The maximum absolute atomic E-state index is 12.4. The molecule has 7 nitrogen and oxygen atoms in total. The van der Waals surface area contributed by atoms with E-state index in [-0.39, 0.29) is 18.4 Å². The number of ether oxygens (including phenoxy) is 3. The molecular weight excluding hydrogens is 372 g/mol. The van der Waals surface area contributed by atoms with Crippen LogP contribution in [0.15, 0.2) is 40.8 Å². The number of methoxy groups -OCH3 is 2. The summed E-state index contributed by atoms with van der Waals surface area (Å²) in [7, 11) is 3.04. The van der Waals surface area contributed by atoms with Crippen molar-refractivity contribution in [3.8, 4) is 23.0 Å². The van der Waals surface area contributed by atoms with Gasteiger partial charge in [0.05, 0.1) is 30.4 Å². The molecule has 8 heteroatoms. The summed E-state index contributed by atoms with van der Waals surface area (Å²) in [5.74, 6) is 0.902. The molecule has 0 aliphatic heterocycles. The standard InChI is InChI=1S/C19H17ClN2O5/c1-11-15(24-2)8-12(9-16(11)25-3)19(23)26-10-17-21-22-18(27-17)13-6-4-5-7-14(13)20/h4-9H,10H2,1-3H3. The highest BCUT2D eigenvalue weighted by molar-refractivity contribution is 6.33. The van der Waals surface area contributed by atoms with Crippen LogP contribution in [0.1, 0.15) is 21.8 Å². The second-order valence-electron chi connectivity index (χ2n) is 5.56. The van der Waals surface area contributed by atoms with Crippen LogP contribution in [0.2, 0.25) is 5.02 Å². The average molecular weight is 389 g/mol. The van der Waals surface area contributed by atoms with Gasteiger partial charge in [0.2, 0.25) is 5.89 Å². The number of carbonyl (C=O) groups is 1. The number of rotatable bonds is 6. The molecule has 0 amide bonds. The van der Waals surface area contributed by atoms with Crippen LogP contribution in [0.25, 0.3) is 11.5 Å². The van der Waals surface area contributed by atoms with E-state index in [9.17, 15) is 4.79 Å². The molecule has 0 atom stereocenters. The summed E-state index contributed by atoms with van der Waals surface area (Å²) >= 11 is 6.11. The van der Waals surface area contributed by atoms with Gasteiger partial charge in [-0.3, -0.25) is 0 Å². The van der Waals surface area contributed by atoms with Gasteiger partial charge in [-0.1, -0.05) is 23.7 Å². The Hall–Kier alpha value is -3.06. The molecule has 0 aliphatic rings. The largest absolute Gasteiger partial charge is 0.496 e. The molecule has 1 aromatic heterocycles. The van der Waals surface area contributed by atoms with Gasteiger partial charge < -0.3 is 18.6 Å². The van der Waals surface area contributed by atoms with Crippen LogP contribution in [-0.2, 0) is 11.3 Å². The van der Waals surface area contributed by atoms with Crippen molar-refractivity contribution >= 4 is 17.6 Å². The third-order valence-electron chi connectivity index (χ3n) is 3.89. The third-order valence-corrected chi connectivity index (χ3v) is 4.22. The molecule has 0 unspecified atom stereocenters. The Bertz CT molecular complexity index is 945. The van der Waals surface area contributed by atoms with Gasteiger partial charge >= 0.3 is 5.97 Å². The molecular formula is C19H17ClN2O5. The number of hydrogen-bond donors (Lipinski definition) is 0. The molecule has 0 saturated heterocycles. The highest BCUT2D eigenvalue weighted by atomic mass is 35.5. The lowest BCUT2D eigenvalue weighted by Crippen LogP contribution is -2.07. The molecule has 2 aromatic carbocycles. The maximum atomic E-state index is 12.4. The van der Waals surface area contributed by atoms with Gasteiger partial charge in [0.15, 0.2) is 6.61 Å². The Morgan fingerprint density at radius 1 is 1.11 bits per heavy atom. The summed E-state index contributed by atoms with van der Waals surface area (Å²) in [5, 5.41) is 8.30. The normalized spacial score (nSPS) is 10.5. The van der Waals surface area contributed by atoms with Crippen molar-refractivity contribution in [1.82, 2.24) is 10.2 Å².